The number of sulfone groups is 2. The zero-order valence-electron chi connectivity index (χ0n) is 16.7. The van der Waals surface area contributed by atoms with Crippen LogP contribution in [0.3, 0.4) is 0 Å². The molecule has 0 aromatic heterocycles. The van der Waals surface area contributed by atoms with Crippen LogP contribution >= 0.6 is 0 Å². The maximum Gasteiger partial charge on any atom is 0.512 e. The number of carbonyl (C=O) groups is 5. The highest BCUT2D eigenvalue weighted by atomic mass is 32.2. The Labute approximate surface area is 183 Å². The molecule has 13 nitrogen and oxygen atoms in total. The van der Waals surface area contributed by atoms with Crippen molar-refractivity contribution in [2.24, 2.45) is 0 Å². The molecule has 176 valence electrons. The molecule has 0 aromatic carbocycles. The lowest BCUT2D eigenvalue weighted by Gasteiger charge is -2.28. The Balaban J connectivity index is 2.29. The highest BCUT2D eigenvalue weighted by molar-refractivity contribution is 7.94. The molecule has 15 heteroatoms. The van der Waals surface area contributed by atoms with E-state index in [0.717, 1.165) is 0 Å². The first-order valence-corrected chi connectivity index (χ1v) is 12.5. The second-order valence-electron chi connectivity index (χ2n) is 6.70. The minimum Gasteiger partial charge on any atom is -0.408 e. The fourth-order valence-corrected chi connectivity index (χ4v) is 4.44. The van der Waals surface area contributed by atoms with Crippen molar-refractivity contribution >= 4 is 49.5 Å². The van der Waals surface area contributed by atoms with Crippen molar-refractivity contribution in [1.29, 1.82) is 0 Å². The average Bonchev–Trinajstić information content (AvgIpc) is 3.21. The third-order valence-corrected chi connectivity index (χ3v) is 6.99. The molecule has 4 amide bonds. The van der Waals surface area contributed by atoms with Crippen LogP contribution in [0.15, 0.2) is 24.0 Å². The predicted octanol–water partition coefficient (Wildman–Crippen LogP) is -0.794. The fourth-order valence-electron chi connectivity index (χ4n) is 2.94. The Morgan fingerprint density at radius 1 is 0.750 bits per heavy atom. The average molecular weight is 492 g/mol. The number of imide groups is 2. The minimum absolute atomic E-state index is 0.237. The maximum absolute atomic E-state index is 12.4. The molecule has 2 unspecified atom stereocenters. The third-order valence-electron chi connectivity index (χ3n) is 4.48. The predicted molar refractivity (Wildman–Crippen MR) is 105 cm³/mol. The van der Waals surface area contributed by atoms with Gasteiger partial charge in [0.05, 0.1) is 0 Å². The lowest BCUT2D eigenvalue weighted by atomic mass is 10.4. The Hall–Kier alpha value is -3.07. The van der Waals surface area contributed by atoms with Gasteiger partial charge in [0.1, 0.15) is 11.5 Å². The molecule has 0 aromatic rings. The standard InChI is InChI=1S/C17H20N2O11S2/c1-3-31(25,26)9-15(18-11(20)5-6-12(18)21)29-17(24)30-16(10-32(27,28)4-2)19-13(22)7-8-14(19)23/h3-4,15-16H,1-2,5-10H2. The Kier molecular flexibility index (Phi) is 7.56. The zero-order valence-corrected chi connectivity index (χ0v) is 18.3. The summed E-state index contributed by atoms with van der Waals surface area (Å²) in [6, 6.07) is 0. The van der Waals surface area contributed by atoms with E-state index in [-0.39, 0.29) is 25.7 Å². The van der Waals surface area contributed by atoms with Gasteiger partial charge in [-0.05, 0) is 0 Å². The molecule has 2 atom stereocenters. The van der Waals surface area contributed by atoms with E-state index in [9.17, 15) is 40.8 Å². The van der Waals surface area contributed by atoms with E-state index in [0.29, 0.717) is 20.6 Å². The largest absolute Gasteiger partial charge is 0.512 e. The second kappa shape index (κ2) is 9.60. The van der Waals surface area contributed by atoms with E-state index in [1.165, 1.54) is 0 Å². The summed E-state index contributed by atoms with van der Waals surface area (Å²) in [5.41, 5.74) is 0. The summed E-state index contributed by atoms with van der Waals surface area (Å²) in [5, 5.41) is 1.06. The molecule has 0 N–H and O–H groups in total. The van der Waals surface area contributed by atoms with Gasteiger partial charge in [-0.1, -0.05) is 13.2 Å². The molecule has 2 fully saturated rings. The first kappa shape index (κ1) is 25.2. The van der Waals surface area contributed by atoms with E-state index in [1.807, 2.05) is 0 Å². The molecule has 0 spiro atoms. The van der Waals surface area contributed by atoms with Crippen LogP contribution in [0.2, 0.25) is 0 Å². The van der Waals surface area contributed by atoms with Gasteiger partial charge in [0.2, 0.25) is 36.1 Å². The van der Waals surface area contributed by atoms with Gasteiger partial charge < -0.3 is 9.47 Å². The van der Waals surface area contributed by atoms with Crippen molar-refractivity contribution < 1.29 is 50.3 Å². The summed E-state index contributed by atoms with van der Waals surface area (Å²) < 4.78 is 57.4. The number of rotatable bonds is 10. The number of hydrogen-bond acceptors (Lipinski definition) is 11. The van der Waals surface area contributed by atoms with E-state index >= 15 is 0 Å². The van der Waals surface area contributed by atoms with Crippen molar-refractivity contribution in [3.05, 3.63) is 24.0 Å². The number of carbonyl (C=O) groups excluding carboxylic acids is 5. The quantitative estimate of drug-likeness (QED) is 0.275. The molecule has 2 heterocycles. The summed E-state index contributed by atoms with van der Waals surface area (Å²) in [6.07, 6.45) is -6.53. The normalized spacial score (nSPS) is 19.1. The van der Waals surface area contributed by atoms with Crippen LogP contribution in [-0.4, -0.2) is 80.4 Å². The molecule has 0 radical (unpaired) electrons. The molecule has 2 aliphatic heterocycles. The molecular formula is C17H20N2O11S2. The van der Waals surface area contributed by atoms with Gasteiger partial charge in [-0.15, -0.1) is 0 Å². The van der Waals surface area contributed by atoms with E-state index in [1.54, 1.807) is 0 Å². The summed E-state index contributed by atoms with van der Waals surface area (Å²) in [6.45, 7) is 6.18. The summed E-state index contributed by atoms with van der Waals surface area (Å²) >= 11 is 0. The summed E-state index contributed by atoms with van der Waals surface area (Å²) in [5.74, 6) is -5.27. The molecule has 0 bridgehead atoms. The van der Waals surface area contributed by atoms with Crippen molar-refractivity contribution in [2.45, 2.75) is 38.1 Å². The van der Waals surface area contributed by atoms with Gasteiger partial charge in [-0.3, -0.25) is 19.2 Å². The number of amides is 4. The van der Waals surface area contributed by atoms with Crippen molar-refractivity contribution in [1.82, 2.24) is 9.80 Å². The summed E-state index contributed by atoms with van der Waals surface area (Å²) in [7, 11) is -8.17. The monoisotopic (exact) mass is 492 g/mol. The third kappa shape index (κ3) is 6.00. The first-order chi connectivity index (χ1) is 14.8. The molecular weight excluding hydrogens is 472 g/mol. The molecule has 2 saturated heterocycles. The van der Waals surface area contributed by atoms with Crippen LogP contribution in [0.4, 0.5) is 4.79 Å². The molecule has 0 aliphatic carbocycles. The summed E-state index contributed by atoms with van der Waals surface area (Å²) in [4.78, 5) is 61.2. The van der Waals surface area contributed by atoms with Gasteiger partial charge in [0, 0.05) is 36.5 Å². The first-order valence-electron chi connectivity index (χ1n) is 9.07. The van der Waals surface area contributed by atoms with Gasteiger partial charge in [-0.2, -0.15) is 0 Å². The van der Waals surface area contributed by atoms with Crippen LogP contribution in [0.25, 0.3) is 0 Å². The van der Waals surface area contributed by atoms with Crippen molar-refractivity contribution in [3.63, 3.8) is 0 Å². The van der Waals surface area contributed by atoms with Crippen LogP contribution < -0.4 is 0 Å². The van der Waals surface area contributed by atoms with Crippen LogP contribution in [0.5, 0.6) is 0 Å². The Morgan fingerprint density at radius 2 is 1.03 bits per heavy atom. The highest BCUT2D eigenvalue weighted by Crippen LogP contribution is 2.21. The molecule has 0 saturated carbocycles. The van der Waals surface area contributed by atoms with Crippen molar-refractivity contribution in [3.8, 4) is 0 Å². The lowest BCUT2D eigenvalue weighted by molar-refractivity contribution is -0.153. The van der Waals surface area contributed by atoms with E-state index in [2.05, 4.69) is 13.2 Å². The SMILES string of the molecule is C=CS(=O)(=O)CC(OC(=O)OC(CS(=O)(=O)C=C)N1C(=O)CCC1=O)N1C(=O)CCC1=O. The van der Waals surface area contributed by atoms with E-state index < -0.39 is 73.4 Å². The number of hydrogen-bond donors (Lipinski definition) is 0. The molecule has 2 rings (SSSR count). The van der Waals surface area contributed by atoms with Gasteiger partial charge >= 0.3 is 6.16 Å². The highest BCUT2D eigenvalue weighted by Gasteiger charge is 2.42. The topological polar surface area (TPSA) is 179 Å². The van der Waals surface area contributed by atoms with Crippen LogP contribution in [-0.2, 0) is 48.3 Å². The zero-order chi connectivity index (χ0) is 24.3. The van der Waals surface area contributed by atoms with Crippen LogP contribution in [0, 0.1) is 0 Å². The Morgan fingerprint density at radius 3 is 1.28 bits per heavy atom. The van der Waals surface area contributed by atoms with E-state index in [4.69, 9.17) is 9.47 Å². The van der Waals surface area contributed by atoms with Crippen LogP contribution in [0.1, 0.15) is 25.7 Å². The van der Waals surface area contributed by atoms with Gasteiger partial charge in [0.25, 0.3) is 0 Å². The number of ether oxygens (including phenoxy) is 2. The molecule has 32 heavy (non-hydrogen) atoms. The maximum atomic E-state index is 12.4. The lowest BCUT2D eigenvalue weighted by Crippen LogP contribution is -2.49. The Bertz CT molecular complexity index is 962. The van der Waals surface area contributed by atoms with Crippen molar-refractivity contribution in [2.75, 3.05) is 11.5 Å². The fraction of sp³-hybridized carbons (Fsp3) is 0.471. The minimum atomic E-state index is -4.09. The smallest absolute Gasteiger partial charge is 0.408 e. The molecule has 2 aliphatic rings. The number of nitrogens with zero attached hydrogens (tertiary/aromatic N) is 2. The second-order valence-corrected chi connectivity index (χ2v) is 10.7. The van der Waals surface area contributed by atoms with Gasteiger partial charge in [0.15, 0.2) is 19.7 Å². The van der Waals surface area contributed by atoms with Gasteiger partial charge in [-0.25, -0.2) is 31.4 Å². The number of likely N-dealkylation sites (tertiary alicyclic amines) is 2.